The van der Waals surface area contributed by atoms with Gasteiger partial charge in [-0.25, -0.2) is 0 Å². The lowest BCUT2D eigenvalue weighted by Crippen LogP contribution is -1.99. The Labute approximate surface area is 85.6 Å². The van der Waals surface area contributed by atoms with Crippen LogP contribution in [0.1, 0.15) is 17.3 Å². The van der Waals surface area contributed by atoms with E-state index in [2.05, 4.69) is 15.9 Å². The molecule has 3 heteroatoms. The van der Waals surface area contributed by atoms with Gasteiger partial charge in [0, 0.05) is 21.8 Å². The van der Waals surface area contributed by atoms with Gasteiger partial charge in [0.1, 0.15) is 0 Å². The Kier molecular flexibility index (Phi) is 3.25. The predicted octanol–water partition coefficient (Wildman–Crippen LogP) is 2.49. The highest BCUT2D eigenvalue weighted by Gasteiger charge is 2.00. The average molecular weight is 240 g/mol. The van der Waals surface area contributed by atoms with Crippen LogP contribution in [-0.4, -0.2) is 5.78 Å². The van der Waals surface area contributed by atoms with Crippen LogP contribution in [-0.2, 0) is 0 Å². The molecule has 68 valence electrons. The molecular formula is C10H10BrNO. The number of ketones is 1. The van der Waals surface area contributed by atoms with E-state index in [9.17, 15) is 4.79 Å². The summed E-state index contributed by atoms with van der Waals surface area (Å²) in [6.45, 7) is 1.69. The van der Waals surface area contributed by atoms with Crippen molar-refractivity contribution < 1.29 is 4.79 Å². The lowest BCUT2D eigenvalue weighted by molar-refractivity contribution is 0.104. The van der Waals surface area contributed by atoms with Gasteiger partial charge in [-0.1, -0.05) is 15.9 Å². The van der Waals surface area contributed by atoms with E-state index in [0.29, 0.717) is 11.3 Å². The van der Waals surface area contributed by atoms with E-state index >= 15 is 0 Å². The first-order valence-electron chi connectivity index (χ1n) is 3.83. The van der Waals surface area contributed by atoms with Crippen molar-refractivity contribution in [3.63, 3.8) is 0 Å². The first-order chi connectivity index (χ1) is 6.09. The molecule has 0 amide bonds. The fourth-order valence-corrected chi connectivity index (χ4v) is 1.17. The van der Waals surface area contributed by atoms with Gasteiger partial charge in [0.25, 0.3) is 0 Å². The lowest BCUT2D eigenvalue weighted by Gasteiger charge is -1.96. The SMILES string of the molecule is C/C(N)=C\C(=O)c1ccc(Br)cc1. The van der Waals surface area contributed by atoms with Crippen molar-refractivity contribution in [2.24, 2.45) is 5.73 Å². The Morgan fingerprint density at radius 3 is 2.38 bits per heavy atom. The van der Waals surface area contributed by atoms with Crippen molar-refractivity contribution in [1.82, 2.24) is 0 Å². The zero-order valence-corrected chi connectivity index (χ0v) is 8.84. The number of carbonyl (C=O) groups is 1. The van der Waals surface area contributed by atoms with E-state index in [0.717, 1.165) is 4.47 Å². The molecular weight excluding hydrogens is 230 g/mol. The van der Waals surface area contributed by atoms with Crippen LogP contribution in [0.15, 0.2) is 40.5 Å². The summed E-state index contributed by atoms with van der Waals surface area (Å²) in [5.74, 6) is -0.0625. The minimum absolute atomic E-state index is 0.0625. The molecule has 0 radical (unpaired) electrons. The highest BCUT2D eigenvalue weighted by atomic mass is 79.9. The molecule has 0 heterocycles. The van der Waals surface area contributed by atoms with Crippen LogP contribution in [0, 0.1) is 0 Å². The quantitative estimate of drug-likeness (QED) is 0.637. The van der Waals surface area contributed by atoms with Gasteiger partial charge in [-0.15, -0.1) is 0 Å². The summed E-state index contributed by atoms with van der Waals surface area (Å²) >= 11 is 3.29. The Balaban J connectivity index is 2.90. The van der Waals surface area contributed by atoms with Crippen LogP contribution in [0.2, 0.25) is 0 Å². The van der Waals surface area contributed by atoms with Crippen molar-refractivity contribution in [3.05, 3.63) is 46.1 Å². The van der Waals surface area contributed by atoms with Gasteiger partial charge in [-0.2, -0.15) is 0 Å². The zero-order valence-electron chi connectivity index (χ0n) is 7.25. The Morgan fingerprint density at radius 2 is 1.92 bits per heavy atom. The second-order valence-corrected chi connectivity index (χ2v) is 3.68. The smallest absolute Gasteiger partial charge is 0.187 e. The average Bonchev–Trinajstić information content (AvgIpc) is 2.04. The van der Waals surface area contributed by atoms with Crippen molar-refractivity contribution in [1.29, 1.82) is 0 Å². The number of hydrogen-bond donors (Lipinski definition) is 1. The molecule has 2 N–H and O–H groups in total. The molecule has 0 fully saturated rings. The summed E-state index contributed by atoms with van der Waals surface area (Å²) in [4.78, 5) is 11.4. The third-order valence-electron chi connectivity index (χ3n) is 1.49. The number of benzene rings is 1. The summed E-state index contributed by atoms with van der Waals surface area (Å²) in [6.07, 6.45) is 1.42. The first-order valence-corrected chi connectivity index (χ1v) is 4.62. The third kappa shape index (κ3) is 3.03. The van der Waals surface area contributed by atoms with Crippen molar-refractivity contribution >= 4 is 21.7 Å². The number of hydrogen-bond acceptors (Lipinski definition) is 2. The maximum atomic E-state index is 11.4. The van der Waals surface area contributed by atoms with E-state index in [1.807, 2.05) is 12.1 Å². The maximum absolute atomic E-state index is 11.4. The van der Waals surface area contributed by atoms with E-state index in [1.165, 1.54) is 6.08 Å². The molecule has 0 unspecified atom stereocenters. The van der Waals surface area contributed by atoms with E-state index in [-0.39, 0.29) is 5.78 Å². The largest absolute Gasteiger partial charge is 0.402 e. The van der Waals surface area contributed by atoms with Crippen LogP contribution in [0.5, 0.6) is 0 Å². The van der Waals surface area contributed by atoms with Gasteiger partial charge >= 0.3 is 0 Å². The Morgan fingerprint density at radius 1 is 1.38 bits per heavy atom. The minimum Gasteiger partial charge on any atom is -0.402 e. The summed E-state index contributed by atoms with van der Waals surface area (Å²) < 4.78 is 0.956. The summed E-state index contributed by atoms with van der Waals surface area (Å²) in [5.41, 5.74) is 6.56. The standard InChI is InChI=1S/C10H10BrNO/c1-7(12)6-10(13)8-2-4-9(11)5-3-8/h2-6H,12H2,1H3/b7-6+. The highest BCUT2D eigenvalue weighted by molar-refractivity contribution is 9.10. The summed E-state index contributed by atoms with van der Waals surface area (Å²) in [7, 11) is 0. The Bertz CT molecular complexity index is 336. The first kappa shape index (κ1) is 9.99. The maximum Gasteiger partial charge on any atom is 0.187 e. The van der Waals surface area contributed by atoms with E-state index < -0.39 is 0 Å². The molecule has 1 aromatic rings. The monoisotopic (exact) mass is 239 g/mol. The van der Waals surface area contributed by atoms with E-state index in [1.54, 1.807) is 19.1 Å². The number of nitrogens with two attached hydrogens (primary N) is 1. The molecule has 0 saturated heterocycles. The van der Waals surface area contributed by atoms with Crippen LogP contribution in [0.25, 0.3) is 0 Å². The van der Waals surface area contributed by atoms with Crippen LogP contribution >= 0.6 is 15.9 Å². The zero-order chi connectivity index (χ0) is 9.84. The predicted molar refractivity (Wildman–Crippen MR) is 56.4 cm³/mol. The molecule has 1 aromatic carbocycles. The van der Waals surface area contributed by atoms with Gasteiger partial charge in [0.15, 0.2) is 5.78 Å². The number of allylic oxidation sites excluding steroid dienone is 2. The molecule has 1 rings (SSSR count). The molecule has 0 aliphatic carbocycles. The van der Waals surface area contributed by atoms with Gasteiger partial charge in [-0.05, 0) is 31.2 Å². The fraction of sp³-hybridized carbons (Fsp3) is 0.100. The molecule has 2 nitrogen and oxygen atoms in total. The number of halogens is 1. The molecule has 0 saturated carbocycles. The van der Waals surface area contributed by atoms with Crippen molar-refractivity contribution in [2.75, 3.05) is 0 Å². The van der Waals surface area contributed by atoms with E-state index in [4.69, 9.17) is 5.73 Å². The van der Waals surface area contributed by atoms with Crippen molar-refractivity contribution in [3.8, 4) is 0 Å². The molecule has 13 heavy (non-hydrogen) atoms. The second kappa shape index (κ2) is 4.23. The number of carbonyl (C=O) groups excluding carboxylic acids is 1. The normalized spacial score (nSPS) is 11.4. The summed E-state index contributed by atoms with van der Waals surface area (Å²) in [5, 5.41) is 0. The van der Waals surface area contributed by atoms with Gasteiger partial charge < -0.3 is 5.73 Å². The second-order valence-electron chi connectivity index (χ2n) is 2.76. The lowest BCUT2D eigenvalue weighted by atomic mass is 10.1. The van der Waals surface area contributed by atoms with Crippen molar-refractivity contribution in [2.45, 2.75) is 6.92 Å². The third-order valence-corrected chi connectivity index (χ3v) is 2.02. The fourth-order valence-electron chi connectivity index (χ4n) is 0.904. The van der Waals surface area contributed by atoms with Gasteiger partial charge in [0.2, 0.25) is 0 Å². The highest BCUT2D eigenvalue weighted by Crippen LogP contribution is 2.11. The molecule has 0 aliphatic heterocycles. The van der Waals surface area contributed by atoms with Crippen LogP contribution in [0.3, 0.4) is 0 Å². The molecule has 0 aromatic heterocycles. The molecule has 0 atom stereocenters. The number of rotatable bonds is 2. The topological polar surface area (TPSA) is 43.1 Å². The minimum atomic E-state index is -0.0625. The molecule has 0 bridgehead atoms. The van der Waals surface area contributed by atoms with Crippen LogP contribution < -0.4 is 5.73 Å². The van der Waals surface area contributed by atoms with Crippen LogP contribution in [0.4, 0.5) is 0 Å². The van der Waals surface area contributed by atoms with Gasteiger partial charge in [0.05, 0.1) is 0 Å². The molecule has 0 spiro atoms. The molecule has 0 aliphatic rings. The Hall–Kier alpha value is -1.09. The summed E-state index contributed by atoms with van der Waals surface area (Å²) in [6, 6.07) is 7.16. The van der Waals surface area contributed by atoms with Gasteiger partial charge in [-0.3, -0.25) is 4.79 Å².